The van der Waals surface area contributed by atoms with Gasteiger partial charge in [-0.15, -0.1) is 12.4 Å². The summed E-state index contributed by atoms with van der Waals surface area (Å²) >= 11 is 0. The molecule has 0 saturated heterocycles. The van der Waals surface area contributed by atoms with Gasteiger partial charge in [0.05, 0.1) is 0 Å². The molecule has 0 aliphatic heterocycles. The van der Waals surface area contributed by atoms with Crippen molar-refractivity contribution in [2.24, 2.45) is 5.73 Å². The summed E-state index contributed by atoms with van der Waals surface area (Å²) in [5.41, 5.74) is 8.17. The first kappa shape index (κ1) is 15.3. The molecule has 1 aromatic carbocycles. The average Bonchev–Trinajstić information content (AvgIpc) is 2.37. The lowest BCUT2D eigenvalue weighted by atomic mass is 9.83. The van der Waals surface area contributed by atoms with Gasteiger partial charge in [0, 0.05) is 6.54 Å². The zero-order valence-electron chi connectivity index (χ0n) is 11.2. The van der Waals surface area contributed by atoms with E-state index >= 15 is 0 Å². The Kier molecular flexibility index (Phi) is 6.51. The molecule has 0 bridgehead atoms. The third kappa shape index (κ3) is 3.89. The second-order valence-corrected chi connectivity index (χ2v) is 5.01. The fourth-order valence-corrected chi connectivity index (χ4v) is 2.69. The lowest BCUT2D eigenvalue weighted by molar-refractivity contribution is 0.317. The molecule has 2 nitrogen and oxygen atoms in total. The molecule has 1 fully saturated rings. The van der Waals surface area contributed by atoms with Gasteiger partial charge < -0.3 is 10.5 Å². The maximum absolute atomic E-state index is 5.80. The molecule has 18 heavy (non-hydrogen) atoms. The van der Waals surface area contributed by atoms with Crippen molar-refractivity contribution in [2.45, 2.75) is 44.9 Å². The normalized spacial score (nSPS) is 16.1. The number of nitrogens with two attached hydrogens (primary N) is 1. The van der Waals surface area contributed by atoms with Crippen molar-refractivity contribution in [2.75, 3.05) is 13.2 Å². The first-order chi connectivity index (χ1) is 8.31. The van der Waals surface area contributed by atoms with Gasteiger partial charge in [-0.25, -0.2) is 0 Å². The number of halogens is 1. The summed E-state index contributed by atoms with van der Waals surface area (Å²) in [7, 11) is 0. The molecule has 0 atom stereocenters. The highest BCUT2D eigenvalue weighted by Crippen LogP contribution is 2.37. The number of hydrogen-bond donors (Lipinski definition) is 1. The van der Waals surface area contributed by atoms with E-state index in [4.69, 9.17) is 10.5 Å². The first-order valence-corrected chi connectivity index (χ1v) is 6.74. The van der Waals surface area contributed by atoms with E-state index in [0.717, 1.165) is 5.75 Å². The Morgan fingerprint density at radius 3 is 2.61 bits per heavy atom. The molecule has 0 aromatic heterocycles. The minimum absolute atomic E-state index is 0. The summed E-state index contributed by atoms with van der Waals surface area (Å²) in [6, 6.07) is 6.59. The Balaban J connectivity index is 0.00000162. The van der Waals surface area contributed by atoms with E-state index in [-0.39, 0.29) is 12.4 Å². The smallest absolute Gasteiger partial charge is 0.123 e. The second kappa shape index (κ2) is 7.65. The molecule has 1 aromatic rings. The van der Waals surface area contributed by atoms with Gasteiger partial charge in [-0.3, -0.25) is 0 Å². The third-order valence-corrected chi connectivity index (χ3v) is 3.59. The van der Waals surface area contributed by atoms with Gasteiger partial charge in [0.25, 0.3) is 0 Å². The van der Waals surface area contributed by atoms with E-state index in [1.54, 1.807) is 0 Å². The molecule has 0 spiro atoms. The summed E-state index contributed by atoms with van der Waals surface area (Å²) in [4.78, 5) is 0. The van der Waals surface area contributed by atoms with Crippen molar-refractivity contribution in [3.05, 3.63) is 29.3 Å². The number of rotatable bonds is 4. The molecule has 0 amide bonds. The van der Waals surface area contributed by atoms with Crippen LogP contribution >= 0.6 is 12.4 Å². The Bertz CT molecular complexity index is 362. The van der Waals surface area contributed by atoms with E-state index in [2.05, 4.69) is 25.1 Å². The van der Waals surface area contributed by atoms with Crippen molar-refractivity contribution < 1.29 is 4.74 Å². The maximum Gasteiger partial charge on any atom is 0.123 e. The Morgan fingerprint density at radius 1 is 1.22 bits per heavy atom. The third-order valence-electron chi connectivity index (χ3n) is 3.59. The topological polar surface area (TPSA) is 35.2 Å². The van der Waals surface area contributed by atoms with Crippen molar-refractivity contribution in [1.82, 2.24) is 0 Å². The first-order valence-electron chi connectivity index (χ1n) is 6.74. The molecular formula is C15H24ClNO. The van der Waals surface area contributed by atoms with E-state index in [1.807, 2.05) is 0 Å². The van der Waals surface area contributed by atoms with Crippen molar-refractivity contribution in [3.8, 4) is 5.75 Å². The highest BCUT2D eigenvalue weighted by atomic mass is 35.5. The number of hydrogen-bond acceptors (Lipinski definition) is 2. The molecule has 0 unspecified atom stereocenters. The van der Waals surface area contributed by atoms with Crippen LogP contribution in [0.3, 0.4) is 0 Å². The minimum Gasteiger partial charge on any atom is -0.492 e. The van der Waals surface area contributed by atoms with E-state index in [1.165, 1.54) is 43.2 Å². The SMILES string of the molecule is Cc1ccc(C2CCCCC2)c(OCCN)c1.Cl. The van der Waals surface area contributed by atoms with Crippen LogP contribution in [0.4, 0.5) is 0 Å². The molecule has 0 heterocycles. The zero-order chi connectivity index (χ0) is 12.1. The zero-order valence-corrected chi connectivity index (χ0v) is 12.0. The number of benzene rings is 1. The summed E-state index contributed by atoms with van der Waals surface area (Å²) < 4.78 is 5.80. The van der Waals surface area contributed by atoms with Crippen LogP contribution in [0.15, 0.2) is 18.2 Å². The predicted octanol–water partition coefficient (Wildman–Crippen LogP) is 3.80. The van der Waals surface area contributed by atoms with E-state index < -0.39 is 0 Å². The van der Waals surface area contributed by atoms with Crippen LogP contribution < -0.4 is 10.5 Å². The predicted molar refractivity (Wildman–Crippen MR) is 78.8 cm³/mol. The van der Waals surface area contributed by atoms with Crippen molar-refractivity contribution >= 4 is 12.4 Å². The van der Waals surface area contributed by atoms with Crippen LogP contribution in [0, 0.1) is 6.92 Å². The van der Waals surface area contributed by atoms with Crippen LogP contribution in [-0.4, -0.2) is 13.2 Å². The van der Waals surface area contributed by atoms with E-state index in [0.29, 0.717) is 19.1 Å². The lowest BCUT2D eigenvalue weighted by Gasteiger charge is -2.24. The summed E-state index contributed by atoms with van der Waals surface area (Å²) in [5, 5.41) is 0. The van der Waals surface area contributed by atoms with Crippen LogP contribution in [0.2, 0.25) is 0 Å². The Hall–Kier alpha value is -0.730. The number of aryl methyl sites for hydroxylation is 1. The van der Waals surface area contributed by atoms with Crippen LogP contribution in [0.1, 0.15) is 49.1 Å². The molecule has 2 N–H and O–H groups in total. The van der Waals surface area contributed by atoms with Gasteiger partial charge in [-0.2, -0.15) is 0 Å². The molecule has 1 saturated carbocycles. The van der Waals surface area contributed by atoms with Crippen molar-refractivity contribution in [1.29, 1.82) is 0 Å². The summed E-state index contributed by atoms with van der Waals surface area (Å²) in [6.45, 7) is 3.31. The molecule has 1 aliphatic rings. The fourth-order valence-electron chi connectivity index (χ4n) is 2.69. The van der Waals surface area contributed by atoms with Crippen LogP contribution in [-0.2, 0) is 0 Å². The van der Waals surface area contributed by atoms with Gasteiger partial charge in [-0.1, -0.05) is 31.4 Å². The number of ether oxygens (including phenoxy) is 1. The average molecular weight is 270 g/mol. The summed E-state index contributed by atoms with van der Waals surface area (Å²) in [5.74, 6) is 1.75. The van der Waals surface area contributed by atoms with Gasteiger partial charge in [0.15, 0.2) is 0 Å². The monoisotopic (exact) mass is 269 g/mol. The van der Waals surface area contributed by atoms with Crippen molar-refractivity contribution in [3.63, 3.8) is 0 Å². The van der Waals surface area contributed by atoms with Crippen LogP contribution in [0.25, 0.3) is 0 Å². The Labute approximate surface area is 116 Å². The molecule has 1 aliphatic carbocycles. The highest BCUT2D eigenvalue weighted by molar-refractivity contribution is 5.85. The van der Waals surface area contributed by atoms with Gasteiger partial charge in [-0.05, 0) is 42.9 Å². The largest absolute Gasteiger partial charge is 0.492 e. The second-order valence-electron chi connectivity index (χ2n) is 5.01. The van der Waals surface area contributed by atoms with Gasteiger partial charge in [0.1, 0.15) is 12.4 Å². The molecule has 2 rings (SSSR count). The molecule has 0 radical (unpaired) electrons. The standard InChI is InChI=1S/C15H23NO.ClH/c1-12-7-8-14(13-5-3-2-4-6-13)15(11-12)17-10-9-16;/h7-8,11,13H,2-6,9-10,16H2,1H3;1H. The van der Waals surface area contributed by atoms with Gasteiger partial charge in [0.2, 0.25) is 0 Å². The Morgan fingerprint density at radius 2 is 1.94 bits per heavy atom. The summed E-state index contributed by atoms with van der Waals surface area (Å²) in [6.07, 6.45) is 6.72. The molecule has 3 heteroatoms. The maximum atomic E-state index is 5.80. The van der Waals surface area contributed by atoms with E-state index in [9.17, 15) is 0 Å². The minimum atomic E-state index is 0. The molecule has 102 valence electrons. The van der Waals surface area contributed by atoms with Crippen LogP contribution in [0.5, 0.6) is 5.75 Å². The molecular weight excluding hydrogens is 246 g/mol. The lowest BCUT2D eigenvalue weighted by Crippen LogP contribution is -2.13. The van der Waals surface area contributed by atoms with Gasteiger partial charge >= 0.3 is 0 Å². The fraction of sp³-hybridized carbons (Fsp3) is 0.600. The quantitative estimate of drug-likeness (QED) is 0.902. The highest BCUT2D eigenvalue weighted by Gasteiger charge is 2.19.